The summed E-state index contributed by atoms with van der Waals surface area (Å²) >= 11 is 0. The Kier molecular flexibility index (Phi) is 12.7. The molecular formula is C30H49ClN2O6. The van der Waals surface area contributed by atoms with Crippen LogP contribution in [0.15, 0.2) is 12.1 Å². The SMILES string of the molecule is CCCCN(CCCC)C(=O)CN1C[C@@H](c2cc(OC)c3c(c2)OCO3)[C@H](C(=O)O)[C@H]1CC(C)(C)CCC.Cl. The van der Waals surface area contributed by atoms with Gasteiger partial charge in [0, 0.05) is 31.6 Å². The highest BCUT2D eigenvalue weighted by Gasteiger charge is 2.49. The lowest BCUT2D eigenvalue weighted by molar-refractivity contribution is -0.144. The minimum absolute atomic E-state index is 0. The molecule has 3 atom stereocenters. The van der Waals surface area contributed by atoms with Crippen molar-refractivity contribution < 1.29 is 28.9 Å². The van der Waals surface area contributed by atoms with Crippen molar-refractivity contribution in [2.24, 2.45) is 11.3 Å². The first-order valence-corrected chi connectivity index (χ1v) is 14.4. The summed E-state index contributed by atoms with van der Waals surface area (Å²) in [6, 6.07) is 3.51. The number of amides is 1. The van der Waals surface area contributed by atoms with E-state index >= 15 is 0 Å². The van der Waals surface area contributed by atoms with E-state index in [9.17, 15) is 14.7 Å². The molecule has 2 aliphatic heterocycles. The van der Waals surface area contributed by atoms with Crippen molar-refractivity contribution >= 4 is 24.3 Å². The Morgan fingerprint density at radius 1 is 1.10 bits per heavy atom. The van der Waals surface area contributed by atoms with Crippen molar-refractivity contribution in [3.05, 3.63) is 17.7 Å². The number of benzene rings is 1. The van der Waals surface area contributed by atoms with Crippen LogP contribution in [0.5, 0.6) is 17.2 Å². The Balaban J connectivity index is 0.00000533. The summed E-state index contributed by atoms with van der Waals surface area (Å²) in [5.74, 6) is -0.00940. The zero-order chi connectivity index (χ0) is 27.9. The maximum Gasteiger partial charge on any atom is 0.308 e. The smallest absolute Gasteiger partial charge is 0.308 e. The third kappa shape index (κ3) is 8.16. The summed E-state index contributed by atoms with van der Waals surface area (Å²) in [6.07, 6.45) is 6.75. The maximum absolute atomic E-state index is 13.6. The van der Waals surface area contributed by atoms with Gasteiger partial charge in [-0.25, -0.2) is 0 Å². The lowest BCUT2D eigenvalue weighted by Gasteiger charge is -2.35. The number of hydrogen-bond acceptors (Lipinski definition) is 6. The Morgan fingerprint density at radius 2 is 1.77 bits per heavy atom. The monoisotopic (exact) mass is 568 g/mol. The molecule has 0 spiro atoms. The van der Waals surface area contributed by atoms with E-state index in [1.54, 1.807) is 7.11 Å². The first-order valence-electron chi connectivity index (χ1n) is 14.4. The zero-order valence-corrected chi connectivity index (χ0v) is 25.5. The highest BCUT2D eigenvalue weighted by molar-refractivity contribution is 5.85. The molecule has 1 fully saturated rings. The fraction of sp³-hybridized carbons (Fsp3) is 0.733. The Labute approximate surface area is 240 Å². The summed E-state index contributed by atoms with van der Waals surface area (Å²) in [4.78, 5) is 30.6. The molecule has 0 bridgehead atoms. The number of fused-ring (bicyclic) bond motifs is 1. The summed E-state index contributed by atoms with van der Waals surface area (Å²) in [5.41, 5.74) is 0.806. The minimum atomic E-state index is -0.826. The molecule has 0 saturated carbocycles. The molecule has 39 heavy (non-hydrogen) atoms. The van der Waals surface area contributed by atoms with Gasteiger partial charge < -0.3 is 24.2 Å². The van der Waals surface area contributed by atoms with E-state index < -0.39 is 11.9 Å². The third-order valence-corrected chi connectivity index (χ3v) is 8.08. The first kappa shape index (κ1) is 33.0. The van der Waals surface area contributed by atoms with Crippen LogP contribution in [-0.4, -0.2) is 72.9 Å². The van der Waals surface area contributed by atoms with Gasteiger partial charge >= 0.3 is 5.97 Å². The lowest BCUT2D eigenvalue weighted by atomic mass is 9.76. The largest absolute Gasteiger partial charge is 0.493 e. The van der Waals surface area contributed by atoms with Gasteiger partial charge in [-0.15, -0.1) is 12.4 Å². The van der Waals surface area contributed by atoms with Gasteiger partial charge in [-0.3, -0.25) is 14.5 Å². The fourth-order valence-electron chi connectivity index (χ4n) is 6.13. The molecule has 0 unspecified atom stereocenters. The van der Waals surface area contributed by atoms with Crippen LogP contribution in [0.25, 0.3) is 0 Å². The lowest BCUT2D eigenvalue weighted by Crippen LogP contribution is -2.46. The van der Waals surface area contributed by atoms with E-state index in [2.05, 4.69) is 39.5 Å². The molecular weight excluding hydrogens is 520 g/mol. The predicted molar refractivity (Wildman–Crippen MR) is 155 cm³/mol. The van der Waals surface area contributed by atoms with Crippen molar-refractivity contribution in [1.82, 2.24) is 9.80 Å². The molecule has 0 aromatic heterocycles. The summed E-state index contributed by atoms with van der Waals surface area (Å²) in [7, 11) is 1.58. The van der Waals surface area contributed by atoms with Crippen molar-refractivity contribution in [3.63, 3.8) is 0 Å². The van der Waals surface area contributed by atoms with Crippen LogP contribution in [0, 0.1) is 11.3 Å². The van der Waals surface area contributed by atoms with E-state index in [0.717, 1.165) is 57.2 Å². The van der Waals surface area contributed by atoms with Crippen LogP contribution in [-0.2, 0) is 9.59 Å². The normalized spacial score (nSPS) is 20.5. The number of unbranched alkanes of at least 4 members (excludes halogenated alkanes) is 2. The van der Waals surface area contributed by atoms with Crippen LogP contribution in [0.2, 0.25) is 0 Å². The average molecular weight is 569 g/mol. The van der Waals surface area contributed by atoms with Gasteiger partial charge in [-0.2, -0.15) is 0 Å². The van der Waals surface area contributed by atoms with E-state index in [-0.39, 0.29) is 49.0 Å². The molecule has 1 N–H and O–H groups in total. The van der Waals surface area contributed by atoms with E-state index in [1.807, 2.05) is 17.0 Å². The minimum Gasteiger partial charge on any atom is -0.493 e. The van der Waals surface area contributed by atoms with Crippen molar-refractivity contribution in [2.75, 3.05) is 40.1 Å². The fourth-order valence-corrected chi connectivity index (χ4v) is 6.13. The Hall–Kier alpha value is -2.19. The Morgan fingerprint density at radius 3 is 2.33 bits per heavy atom. The molecule has 2 heterocycles. The van der Waals surface area contributed by atoms with E-state index in [4.69, 9.17) is 14.2 Å². The van der Waals surface area contributed by atoms with Crippen molar-refractivity contribution in [2.45, 2.75) is 91.5 Å². The predicted octanol–water partition coefficient (Wildman–Crippen LogP) is 5.96. The van der Waals surface area contributed by atoms with Crippen LogP contribution in [0.3, 0.4) is 0 Å². The van der Waals surface area contributed by atoms with E-state index in [0.29, 0.717) is 30.2 Å². The molecule has 8 nitrogen and oxygen atoms in total. The number of carboxylic acid groups (broad SMARTS) is 1. The van der Waals surface area contributed by atoms with Crippen LogP contribution < -0.4 is 14.2 Å². The number of rotatable bonds is 15. The third-order valence-electron chi connectivity index (χ3n) is 8.08. The zero-order valence-electron chi connectivity index (χ0n) is 24.7. The summed E-state index contributed by atoms with van der Waals surface area (Å²) in [6.45, 7) is 13.2. The maximum atomic E-state index is 13.6. The quantitative estimate of drug-likeness (QED) is 0.279. The van der Waals surface area contributed by atoms with Crippen molar-refractivity contribution in [3.8, 4) is 17.2 Å². The number of halogens is 1. The topological polar surface area (TPSA) is 88.5 Å². The van der Waals surface area contributed by atoms with Crippen LogP contribution in [0.1, 0.15) is 91.0 Å². The number of aliphatic carboxylic acids is 1. The molecule has 1 saturated heterocycles. The molecule has 9 heteroatoms. The molecule has 0 radical (unpaired) electrons. The van der Waals surface area contributed by atoms with Gasteiger partial charge in [0.25, 0.3) is 0 Å². The molecule has 0 aliphatic carbocycles. The van der Waals surface area contributed by atoms with Crippen molar-refractivity contribution in [1.29, 1.82) is 0 Å². The highest BCUT2D eigenvalue weighted by Crippen LogP contribution is 2.48. The highest BCUT2D eigenvalue weighted by atomic mass is 35.5. The summed E-state index contributed by atoms with van der Waals surface area (Å²) < 4.78 is 16.8. The molecule has 1 amide bonds. The number of carbonyl (C=O) groups is 2. The van der Waals surface area contributed by atoms with Gasteiger partial charge in [-0.1, -0.05) is 53.9 Å². The van der Waals surface area contributed by atoms with Gasteiger partial charge in [0.2, 0.25) is 18.4 Å². The number of carbonyl (C=O) groups excluding carboxylic acids is 1. The standard InChI is InChI=1S/C30H48N2O6.ClH/c1-7-10-13-31(14-11-8-2)26(33)19-32-18-22(21-15-24(36-6)28-25(16-21)37-20-38-28)27(29(34)35)23(32)17-30(4,5)12-9-3;/h15-16,22-23,27H,7-14,17-20H2,1-6H3,(H,34,35);1H/t22-,23+,27-;/m0./s1. The number of nitrogens with zero attached hydrogens (tertiary/aromatic N) is 2. The second-order valence-corrected chi connectivity index (χ2v) is 11.6. The van der Waals surface area contributed by atoms with E-state index in [1.165, 1.54) is 0 Å². The van der Waals surface area contributed by atoms with Crippen LogP contribution >= 0.6 is 12.4 Å². The molecule has 1 aromatic carbocycles. The number of methoxy groups -OCH3 is 1. The molecule has 2 aliphatic rings. The van der Waals surface area contributed by atoms with Crippen LogP contribution in [0.4, 0.5) is 0 Å². The van der Waals surface area contributed by atoms with Gasteiger partial charge in [0.15, 0.2) is 11.5 Å². The molecule has 3 rings (SSSR count). The van der Waals surface area contributed by atoms with Gasteiger partial charge in [0.05, 0.1) is 19.6 Å². The molecule has 1 aromatic rings. The second kappa shape index (κ2) is 15.0. The van der Waals surface area contributed by atoms with Gasteiger partial charge in [-0.05, 0) is 48.8 Å². The number of ether oxygens (including phenoxy) is 3. The molecule has 222 valence electrons. The summed E-state index contributed by atoms with van der Waals surface area (Å²) in [5, 5.41) is 10.5. The van der Waals surface area contributed by atoms with Gasteiger partial charge in [0.1, 0.15) is 0 Å². The number of hydrogen-bond donors (Lipinski definition) is 1. The average Bonchev–Trinajstić information content (AvgIpc) is 3.48. The number of likely N-dealkylation sites (tertiary alicyclic amines) is 1. The Bertz CT molecular complexity index is 948. The number of carboxylic acids is 1. The second-order valence-electron chi connectivity index (χ2n) is 11.6. The first-order chi connectivity index (χ1) is 18.1.